The molecule has 0 fully saturated rings. The Hall–Kier alpha value is -1.39. The fourth-order valence-corrected chi connectivity index (χ4v) is 2.53. The maximum Gasteiger partial charge on any atom is 0.251 e. The molecule has 0 radical (unpaired) electrons. The molecule has 21 heavy (non-hydrogen) atoms. The summed E-state index contributed by atoms with van der Waals surface area (Å²) in [5.41, 5.74) is 1.88. The Morgan fingerprint density at radius 1 is 1.24 bits per heavy atom. The minimum absolute atomic E-state index is 0.0224. The van der Waals surface area contributed by atoms with Crippen LogP contribution in [0.25, 0.3) is 0 Å². The smallest absolute Gasteiger partial charge is 0.251 e. The van der Waals surface area contributed by atoms with Gasteiger partial charge in [0, 0.05) is 18.2 Å². The third kappa shape index (κ3) is 5.48. The van der Waals surface area contributed by atoms with Gasteiger partial charge in [0.15, 0.2) is 0 Å². The normalized spacial score (nSPS) is 12.7. The largest absolute Gasteiger partial charge is 0.350 e. The first-order valence-corrected chi connectivity index (χ1v) is 7.64. The van der Waals surface area contributed by atoms with Gasteiger partial charge in [0.05, 0.1) is 0 Å². The molecule has 0 aliphatic carbocycles. The molecule has 0 bridgehead atoms. The van der Waals surface area contributed by atoms with E-state index in [1.54, 1.807) is 0 Å². The van der Waals surface area contributed by atoms with Crippen LogP contribution in [0.3, 0.4) is 0 Å². The Kier molecular flexibility index (Phi) is 7.40. The van der Waals surface area contributed by atoms with Crippen LogP contribution in [0.1, 0.15) is 29.8 Å². The lowest BCUT2D eigenvalue weighted by molar-refractivity contribution is 0.0934. The lowest BCUT2D eigenvalue weighted by atomic mass is 10.0. The van der Waals surface area contributed by atoms with Crippen molar-refractivity contribution in [2.75, 3.05) is 34.2 Å². The number of nitrogens with one attached hydrogen (secondary N) is 2. The lowest BCUT2D eigenvalue weighted by Crippen LogP contribution is -2.43. The highest BCUT2D eigenvalue weighted by atomic mass is 16.1. The fraction of sp³-hybridized carbons (Fsp3) is 0.588. The van der Waals surface area contributed by atoms with Crippen molar-refractivity contribution in [3.05, 3.63) is 35.4 Å². The van der Waals surface area contributed by atoms with Gasteiger partial charge in [-0.25, -0.2) is 0 Å². The molecule has 0 aliphatic heterocycles. The highest BCUT2D eigenvalue weighted by molar-refractivity contribution is 5.95. The summed E-state index contributed by atoms with van der Waals surface area (Å²) >= 11 is 0. The van der Waals surface area contributed by atoms with Gasteiger partial charge < -0.3 is 15.5 Å². The number of hydrogen-bond donors (Lipinski definition) is 2. The van der Waals surface area contributed by atoms with Crippen LogP contribution >= 0.6 is 0 Å². The van der Waals surface area contributed by atoms with Crippen LogP contribution in [0.4, 0.5) is 0 Å². The summed E-state index contributed by atoms with van der Waals surface area (Å²) in [5, 5.41) is 6.20. The fourth-order valence-electron chi connectivity index (χ4n) is 2.53. The van der Waals surface area contributed by atoms with Gasteiger partial charge in [0.2, 0.25) is 0 Å². The third-order valence-corrected chi connectivity index (χ3v) is 3.81. The molecule has 2 N–H and O–H groups in total. The molecule has 0 heterocycles. The Morgan fingerprint density at radius 3 is 2.48 bits per heavy atom. The van der Waals surface area contributed by atoms with Crippen molar-refractivity contribution in [3.8, 4) is 0 Å². The number of rotatable bonds is 8. The number of carbonyl (C=O) groups is 1. The van der Waals surface area contributed by atoms with Crippen molar-refractivity contribution in [2.45, 2.75) is 26.3 Å². The van der Waals surface area contributed by atoms with E-state index in [4.69, 9.17) is 0 Å². The topological polar surface area (TPSA) is 44.4 Å². The molecule has 0 aliphatic rings. The minimum atomic E-state index is 0.0224. The van der Waals surface area contributed by atoms with Crippen molar-refractivity contribution in [3.63, 3.8) is 0 Å². The first-order valence-electron chi connectivity index (χ1n) is 7.64. The Bertz CT molecular complexity index is 435. The van der Waals surface area contributed by atoms with Crippen LogP contribution in [0.2, 0.25) is 0 Å². The molecule has 4 heteroatoms. The summed E-state index contributed by atoms with van der Waals surface area (Å²) in [4.78, 5) is 14.6. The van der Waals surface area contributed by atoms with E-state index >= 15 is 0 Å². The van der Waals surface area contributed by atoms with Gasteiger partial charge in [-0.05, 0) is 51.7 Å². The van der Waals surface area contributed by atoms with E-state index in [2.05, 4.69) is 43.5 Å². The summed E-state index contributed by atoms with van der Waals surface area (Å²) in [7, 11) is 6.03. The maximum atomic E-state index is 12.4. The van der Waals surface area contributed by atoms with Crippen molar-refractivity contribution in [1.29, 1.82) is 0 Å². The summed E-state index contributed by atoms with van der Waals surface area (Å²) < 4.78 is 0. The van der Waals surface area contributed by atoms with Gasteiger partial charge in [0.1, 0.15) is 0 Å². The number of nitrogens with zero attached hydrogens (tertiary/aromatic N) is 1. The molecule has 1 aromatic rings. The summed E-state index contributed by atoms with van der Waals surface area (Å²) in [6.45, 7) is 5.90. The lowest BCUT2D eigenvalue weighted by Gasteiger charge is -2.28. The zero-order valence-corrected chi connectivity index (χ0v) is 13.9. The van der Waals surface area contributed by atoms with E-state index in [-0.39, 0.29) is 5.91 Å². The molecular formula is C17H29N3O. The van der Waals surface area contributed by atoms with E-state index in [1.165, 1.54) is 0 Å². The van der Waals surface area contributed by atoms with E-state index in [9.17, 15) is 4.79 Å². The predicted molar refractivity (Wildman–Crippen MR) is 88.7 cm³/mol. The SMILES string of the molecule is CNCCc1ccccc1C(=O)NCC(C(C)C)N(C)C. The van der Waals surface area contributed by atoms with Crippen LogP contribution < -0.4 is 10.6 Å². The zero-order chi connectivity index (χ0) is 15.8. The molecule has 1 amide bonds. The van der Waals surface area contributed by atoms with Gasteiger partial charge in [-0.15, -0.1) is 0 Å². The van der Waals surface area contributed by atoms with E-state index in [1.807, 2.05) is 31.3 Å². The number of hydrogen-bond acceptors (Lipinski definition) is 3. The third-order valence-electron chi connectivity index (χ3n) is 3.81. The van der Waals surface area contributed by atoms with Crippen LogP contribution in [0, 0.1) is 5.92 Å². The molecule has 0 aromatic heterocycles. The van der Waals surface area contributed by atoms with Crippen LogP contribution in [-0.4, -0.2) is 51.1 Å². The molecule has 1 aromatic carbocycles. The average Bonchev–Trinajstić information content (AvgIpc) is 2.44. The highest BCUT2D eigenvalue weighted by Gasteiger charge is 2.18. The molecule has 0 spiro atoms. The van der Waals surface area contributed by atoms with Crippen molar-refractivity contribution < 1.29 is 4.79 Å². The average molecular weight is 291 g/mol. The highest BCUT2D eigenvalue weighted by Crippen LogP contribution is 2.10. The van der Waals surface area contributed by atoms with Gasteiger partial charge >= 0.3 is 0 Å². The van der Waals surface area contributed by atoms with Crippen molar-refractivity contribution in [2.24, 2.45) is 5.92 Å². The quantitative estimate of drug-likeness (QED) is 0.767. The van der Waals surface area contributed by atoms with Crippen molar-refractivity contribution >= 4 is 5.91 Å². The van der Waals surface area contributed by atoms with Gasteiger partial charge in [-0.3, -0.25) is 4.79 Å². The van der Waals surface area contributed by atoms with E-state index in [0.717, 1.165) is 24.1 Å². The summed E-state index contributed by atoms with van der Waals surface area (Å²) in [6, 6.07) is 8.18. The first-order chi connectivity index (χ1) is 9.97. The number of carbonyl (C=O) groups excluding carboxylic acids is 1. The number of likely N-dealkylation sites (N-methyl/N-ethyl adjacent to an activating group) is 2. The van der Waals surface area contributed by atoms with E-state index in [0.29, 0.717) is 18.5 Å². The first kappa shape index (κ1) is 17.7. The van der Waals surface area contributed by atoms with Crippen LogP contribution in [-0.2, 0) is 6.42 Å². The Balaban J connectivity index is 2.71. The molecule has 0 saturated heterocycles. The molecule has 1 unspecified atom stereocenters. The molecule has 118 valence electrons. The molecule has 1 atom stereocenters. The number of amides is 1. The minimum Gasteiger partial charge on any atom is -0.350 e. The van der Waals surface area contributed by atoms with Gasteiger partial charge in [0.25, 0.3) is 5.91 Å². The standard InChI is InChI=1S/C17H29N3O/c1-13(2)16(20(4)5)12-19-17(21)15-9-7-6-8-14(15)10-11-18-3/h6-9,13,16,18H,10-12H2,1-5H3,(H,19,21). The Morgan fingerprint density at radius 2 is 1.90 bits per heavy atom. The number of benzene rings is 1. The molecule has 4 nitrogen and oxygen atoms in total. The predicted octanol–water partition coefficient (Wildman–Crippen LogP) is 1.76. The van der Waals surface area contributed by atoms with Gasteiger partial charge in [-0.1, -0.05) is 32.0 Å². The molecule has 1 rings (SSSR count). The van der Waals surface area contributed by atoms with Gasteiger partial charge in [-0.2, -0.15) is 0 Å². The summed E-state index contributed by atoms with van der Waals surface area (Å²) in [6.07, 6.45) is 0.862. The van der Waals surface area contributed by atoms with E-state index < -0.39 is 0 Å². The zero-order valence-electron chi connectivity index (χ0n) is 13.9. The maximum absolute atomic E-state index is 12.4. The van der Waals surface area contributed by atoms with Crippen molar-refractivity contribution in [1.82, 2.24) is 15.5 Å². The molecular weight excluding hydrogens is 262 g/mol. The summed E-state index contributed by atoms with van der Waals surface area (Å²) in [5.74, 6) is 0.522. The van der Waals surface area contributed by atoms with Crippen LogP contribution in [0.15, 0.2) is 24.3 Å². The second-order valence-corrected chi connectivity index (χ2v) is 6.00. The second-order valence-electron chi connectivity index (χ2n) is 6.00. The monoisotopic (exact) mass is 291 g/mol. The molecule has 0 saturated carbocycles. The van der Waals surface area contributed by atoms with Crippen LogP contribution in [0.5, 0.6) is 0 Å². The Labute approximate surface area is 128 Å². The second kappa shape index (κ2) is 8.80.